The number of hydrogen-bond donors (Lipinski definition) is 1. The molecule has 1 N–H and O–H groups in total. The monoisotopic (exact) mass is 525 g/mol. The second-order valence-electron chi connectivity index (χ2n) is 12.3. The summed E-state index contributed by atoms with van der Waals surface area (Å²) in [5.41, 5.74) is 1.23. The quantitative estimate of drug-likeness (QED) is 0.550. The third-order valence-electron chi connectivity index (χ3n) is 9.11. The molecule has 0 unspecified atom stereocenters. The summed E-state index contributed by atoms with van der Waals surface area (Å²) in [5, 5.41) is 17.1. The molecule has 2 aliphatic heterocycles. The molecule has 38 heavy (non-hydrogen) atoms. The Morgan fingerprint density at radius 1 is 1.13 bits per heavy atom. The zero-order valence-corrected chi connectivity index (χ0v) is 23.2. The summed E-state index contributed by atoms with van der Waals surface area (Å²) in [5.74, 6) is 3.00. The topological polar surface area (TPSA) is 99.5 Å². The van der Waals surface area contributed by atoms with Gasteiger partial charge in [0.15, 0.2) is 11.6 Å². The van der Waals surface area contributed by atoms with Crippen molar-refractivity contribution < 1.29 is 14.2 Å². The van der Waals surface area contributed by atoms with Crippen molar-refractivity contribution >= 4 is 5.82 Å². The molecular formula is C28H43N7O3. The van der Waals surface area contributed by atoms with E-state index in [1.807, 2.05) is 11.6 Å². The summed E-state index contributed by atoms with van der Waals surface area (Å²) >= 11 is 0. The molecule has 10 heteroatoms. The average Bonchev–Trinajstić information content (AvgIpc) is 3.69. The van der Waals surface area contributed by atoms with E-state index < -0.39 is 0 Å². The first-order valence-electron chi connectivity index (χ1n) is 14.5. The van der Waals surface area contributed by atoms with Crippen molar-refractivity contribution in [2.75, 3.05) is 51.9 Å². The zero-order chi connectivity index (χ0) is 26.2. The molecule has 6 rings (SSSR count). The van der Waals surface area contributed by atoms with Crippen molar-refractivity contribution in [3.05, 3.63) is 23.9 Å². The normalized spacial score (nSPS) is 28.9. The van der Waals surface area contributed by atoms with Crippen molar-refractivity contribution in [3.8, 4) is 5.69 Å². The molecule has 0 bridgehead atoms. The molecule has 0 aromatic carbocycles. The number of nitrogens with one attached hydrogen (secondary N) is 1. The SMILES string of the molecule is CO[C@H](C)c1nc(C2CC2)n(-c2cnnc(NC3CCC(C)(CN4CCC5(CC4)COCCO5)CC3)c2)n1. The minimum Gasteiger partial charge on any atom is -0.376 e. The molecule has 1 atom stereocenters. The first-order chi connectivity index (χ1) is 18.4. The Hall–Kier alpha value is -2.14. The summed E-state index contributed by atoms with van der Waals surface area (Å²) in [7, 11) is 1.69. The van der Waals surface area contributed by atoms with Crippen molar-refractivity contribution in [1.82, 2.24) is 29.9 Å². The van der Waals surface area contributed by atoms with Gasteiger partial charge < -0.3 is 24.4 Å². The molecule has 4 heterocycles. The predicted molar refractivity (Wildman–Crippen MR) is 144 cm³/mol. The summed E-state index contributed by atoms with van der Waals surface area (Å²) in [4.78, 5) is 7.45. The van der Waals surface area contributed by atoms with Crippen LogP contribution in [0.1, 0.15) is 88.9 Å². The van der Waals surface area contributed by atoms with E-state index in [0.29, 0.717) is 17.4 Å². The molecule has 2 aromatic heterocycles. The number of likely N-dealkylation sites (tertiary alicyclic amines) is 1. The largest absolute Gasteiger partial charge is 0.376 e. The number of methoxy groups -OCH3 is 1. The second-order valence-corrected chi connectivity index (χ2v) is 12.3. The van der Waals surface area contributed by atoms with E-state index in [2.05, 4.69) is 33.4 Å². The van der Waals surface area contributed by atoms with Gasteiger partial charge in [-0.3, -0.25) is 0 Å². The minimum absolute atomic E-state index is 0.0257. The van der Waals surface area contributed by atoms with Gasteiger partial charge in [0.1, 0.15) is 11.9 Å². The lowest BCUT2D eigenvalue weighted by atomic mass is 9.73. The highest BCUT2D eigenvalue weighted by molar-refractivity contribution is 5.44. The van der Waals surface area contributed by atoms with Crippen LogP contribution in [0.5, 0.6) is 0 Å². The molecule has 208 valence electrons. The van der Waals surface area contributed by atoms with E-state index in [1.54, 1.807) is 13.3 Å². The highest BCUT2D eigenvalue weighted by Gasteiger charge is 2.40. The third-order valence-corrected chi connectivity index (χ3v) is 9.11. The molecule has 4 fully saturated rings. The smallest absolute Gasteiger partial charge is 0.179 e. The maximum Gasteiger partial charge on any atom is 0.179 e. The molecule has 10 nitrogen and oxygen atoms in total. The fourth-order valence-corrected chi connectivity index (χ4v) is 6.35. The van der Waals surface area contributed by atoms with E-state index in [0.717, 1.165) is 94.6 Å². The van der Waals surface area contributed by atoms with E-state index >= 15 is 0 Å². The Labute approximate surface area is 225 Å². The summed E-state index contributed by atoms with van der Waals surface area (Å²) < 4.78 is 19.3. The van der Waals surface area contributed by atoms with Crippen molar-refractivity contribution in [2.24, 2.45) is 5.41 Å². The number of anilines is 1. The first kappa shape index (κ1) is 26.1. The van der Waals surface area contributed by atoms with Crippen molar-refractivity contribution in [3.63, 3.8) is 0 Å². The van der Waals surface area contributed by atoms with Gasteiger partial charge in [0.2, 0.25) is 0 Å². The number of hydrogen-bond acceptors (Lipinski definition) is 9. The summed E-state index contributed by atoms with van der Waals surface area (Å²) in [6.07, 6.45) is 10.8. The van der Waals surface area contributed by atoms with Crippen LogP contribution in [0.15, 0.2) is 12.3 Å². The minimum atomic E-state index is -0.140. The highest BCUT2D eigenvalue weighted by atomic mass is 16.6. The van der Waals surface area contributed by atoms with E-state index in [4.69, 9.17) is 24.3 Å². The fraction of sp³-hybridized carbons (Fsp3) is 0.786. The van der Waals surface area contributed by atoms with Gasteiger partial charge in [-0.2, -0.15) is 5.10 Å². The van der Waals surface area contributed by atoms with Gasteiger partial charge in [-0.05, 0) is 63.7 Å². The lowest BCUT2D eigenvalue weighted by Gasteiger charge is -2.47. The van der Waals surface area contributed by atoms with Gasteiger partial charge in [0, 0.05) is 44.8 Å². The second kappa shape index (κ2) is 10.8. The Balaban J connectivity index is 1.04. The third kappa shape index (κ3) is 5.73. The lowest BCUT2D eigenvalue weighted by molar-refractivity contribution is -0.178. The van der Waals surface area contributed by atoms with Crippen LogP contribution in [-0.2, 0) is 14.2 Å². The highest BCUT2D eigenvalue weighted by Crippen LogP contribution is 2.41. The number of rotatable bonds is 8. The molecule has 2 aromatic rings. The average molecular weight is 526 g/mol. The summed E-state index contributed by atoms with van der Waals surface area (Å²) in [6, 6.07) is 2.47. The molecule has 2 saturated carbocycles. The predicted octanol–water partition coefficient (Wildman–Crippen LogP) is 3.88. The molecule has 1 spiro atoms. The zero-order valence-electron chi connectivity index (χ0n) is 23.2. The van der Waals surface area contributed by atoms with Gasteiger partial charge in [-0.1, -0.05) is 6.92 Å². The van der Waals surface area contributed by atoms with Crippen LogP contribution in [0.2, 0.25) is 0 Å². The number of aromatic nitrogens is 5. The van der Waals surface area contributed by atoms with Gasteiger partial charge in [0.05, 0.1) is 37.3 Å². The van der Waals surface area contributed by atoms with Crippen LogP contribution >= 0.6 is 0 Å². The molecule has 4 aliphatic rings. The number of piperidine rings is 1. The lowest BCUT2D eigenvalue weighted by Crippen LogP contribution is -2.53. The Bertz CT molecular complexity index is 1080. The maximum atomic E-state index is 6.13. The maximum absolute atomic E-state index is 6.13. The Kier molecular flexibility index (Phi) is 7.41. The van der Waals surface area contributed by atoms with E-state index in [-0.39, 0.29) is 11.7 Å². The van der Waals surface area contributed by atoms with Gasteiger partial charge in [-0.15, -0.1) is 10.2 Å². The van der Waals surface area contributed by atoms with Crippen LogP contribution < -0.4 is 5.32 Å². The van der Waals surface area contributed by atoms with E-state index in [1.165, 1.54) is 19.4 Å². The molecule has 2 aliphatic carbocycles. The van der Waals surface area contributed by atoms with E-state index in [9.17, 15) is 0 Å². The Morgan fingerprint density at radius 2 is 1.92 bits per heavy atom. The first-order valence-corrected chi connectivity index (χ1v) is 14.5. The van der Waals surface area contributed by atoms with Crippen molar-refractivity contribution in [1.29, 1.82) is 0 Å². The molecule has 0 amide bonds. The van der Waals surface area contributed by atoms with Crippen LogP contribution in [0.25, 0.3) is 5.69 Å². The molecule has 0 radical (unpaired) electrons. The van der Waals surface area contributed by atoms with Crippen LogP contribution in [0, 0.1) is 5.41 Å². The van der Waals surface area contributed by atoms with Crippen LogP contribution in [0.3, 0.4) is 0 Å². The number of nitrogens with zero attached hydrogens (tertiary/aromatic N) is 6. The summed E-state index contributed by atoms with van der Waals surface area (Å²) in [6.45, 7) is 10.1. The number of ether oxygens (including phenoxy) is 3. The van der Waals surface area contributed by atoms with Crippen LogP contribution in [-0.4, -0.2) is 88.1 Å². The fourth-order valence-electron chi connectivity index (χ4n) is 6.35. The molecule has 2 saturated heterocycles. The van der Waals surface area contributed by atoms with Crippen LogP contribution in [0.4, 0.5) is 5.82 Å². The van der Waals surface area contributed by atoms with Gasteiger partial charge in [-0.25, -0.2) is 9.67 Å². The van der Waals surface area contributed by atoms with Gasteiger partial charge in [0.25, 0.3) is 0 Å². The van der Waals surface area contributed by atoms with Gasteiger partial charge >= 0.3 is 0 Å². The van der Waals surface area contributed by atoms with Crippen molar-refractivity contribution in [2.45, 2.75) is 88.9 Å². The Morgan fingerprint density at radius 3 is 2.61 bits per heavy atom. The molecular weight excluding hydrogens is 482 g/mol. The standard InChI is InChI=1S/C28H43N7O3/c1-20(36-3)25-31-26(21-4-5-21)35(33-25)23-16-24(32-29-17-23)30-22-6-8-27(2,9-7-22)18-34-12-10-28(11-13-34)19-37-14-15-38-28/h16-17,20-22H,4-15,18-19H2,1-3H3,(H,30,32)/t20-,22?,27?/m1/s1.